The van der Waals surface area contributed by atoms with E-state index in [4.69, 9.17) is 0 Å². The van der Waals surface area contributed by atoms with E-state index in [0.29, 0.717) is 0 Å². The van der Waals surface area contributed by atoms with Crippen LogP contribution in [0.5, 0.6) is 0 Å². The minimum Gasteiger partial charge on any atom is -0.256 e. The van der Waals surface area contributed by atoms with Gasteiger partial charge in [0.2, 0.25) is 0 Å². The largest absolute Gasteiger partial charge is 0.256 e. The van der Waals surface area contributed by atoms with Gasteiger partial charge >= 0.3 is 0 Å². The third-order valence-corrected chi connectivity index (χ3v) is 3.72. The molecular formula is C17H12BrN. The monoisotopic (exact) mass is 309 g/mol. The molecule has 0 amide bonds. The van der Waals surface area contributed by atoms with Gasteiger partial charge in [0.1, 0.15) is 0 Å². The van der Waals surface area contributed by atoms with Crippen LogP contribution in [0.4, 0.5) is 0 Å². The Morgan fingerprint density at radius 3 is 2.05 bits per heavy atom. The zero-order valence-electron chi connectivity index (χ0n) is 10.3. The van der Waals surface area contributed by atoms with Crippen molar-refractivity contribution in [2.75, 3.05) is 0 Å². The molecule has 0 bridgehead atoms. The van der Waals surface area contributed by atoms with Gasteiger partial charge in [-0.15, -0.1) is 0 Å². The number of benzene rings is 2. The molecule has 19 heavy (non-hydrogen) atoms. The van der Waals surface area contributed by atoms with E-state index in [1.807, 2.05) is 36.5 Å². The fourth-order valence-electron chi connectivity index (χ4n) is 2.05. The summed E-state index contributed by atoms with van der Waals surface area (Å²) in [4.78, 5) is 4.36. The first-order valence-corrected chi connectivity index (χ1v) is 6.90. The van der Waals surface area contributed by atoms with Crippen molar-refractivity contribution in [3.63, 3.8) is 0 Å². The van der Waals surface area contributed by atoms with Crippen LogP contribution in [-0.2, 0) is 0 Å². The van der Waals surface area contributed by atoms with Crippen molar-refractivity contribution in [1.29, 1.82) is 0 Å². The zero-order valence-corrected chi connectivity index (χ0v) is 11.8. The predicted octanol–water partition coefficient (Wildman–Crippen LogP) is 5.18. The van der Waals surface area contributed by atoms with Crippen LogP contribution < -0.4 is 0 Å². The normalized spacial score (nSPS) is 10.4. The molecule has 1 heterocycles. The quantitative estimate of drug-likeness (QED) is 0.635. The van der Waals surface area contributed by atoms with Gasteiger partial charge in [-0.1, -0.05) is 64.5 Å². The molecule has 0 atom stereocenters. The van der Waals surface area contributed by atoms with Crippen molar-refractivity contribution in [2.45, 2.75) is 0 Å². The summed E-state index contributed by atoms with van der Waals surface area (Å²) in [5.41, 5.74) is 4.54. The van der Waals surface area contributed by atoms with Crippen LogP contribution in [0.1, 0.15) is 0 Å². The van der Waals surface area contributed by atoms with Crippen LogP contribution in [0.2, 0.25) is 0 Å². The second-order valence-electron chi connectivity index (χ2n) is 4.27. The van der Waals surface area contributed by atoms with Crippen molar-refractivity contribution in [3.8, 4) is 22.4 Å². The van der Waals surface area contributed by atoms with Crippen LogP contribution in [0.25, 0.3) is 22.4 Å². The number of nitrogens with zero attached hydrogens (tertiary/aromatic N) is 1. The van der Waals surface area contributed by atoms with E-state index in [9.17, 15) is 0 Å². The summed E-state index contributed by atoms with van der Waals surface area (Å²) in [6, 6.07) is 22.7. The molecule has 92 valence electrons. The van der Waals surface area contributed by atoms with Gasteiger partial charge in [0.05, 0.1) is 5.69 Å². The van der Waals surface area contributed by atoms with E-state index in [2.05, 4.69) is 57.3 Å². The third-order valence-electron chi connectivity index (χ3n) is 3.03. The molecule has 0 saturated heterocycles. The first-order valence-electron chi connectivity index (χ1n) is 6.11. The van der Waals surface area contributed by atoms with Gasteiger partial charge in [-0.3, -0.25) is 4.98 Å². The second-order valence-corrected chi connectivity index (χ2v) is 5.13. The minimum atomic E-state index is 1.00. The number of hydrogen-bond acceptors (Lipinski definition) is 1. The Bertz CT molecular complexity index is 675. The molecule has 2 aromatic carbocycles. The maximum Gasteiger partial charge on any atom is 0.0701 e. The molecule has 1 nitrogen and oxygen atoms in total. The molecule has 3 aromatic rings. The predicted molar refractivity (Wildman–Crippen MR) is 82.8 cm³/mol. The summed E-state index contributed by atoms with van der Waals surface area (Å²) < 4.78 is 1.11. The molecule has 0 saturated carbocycles. The maximum absolute atomic E-state index is 4.36. The number of halogens is 1. The summed E-state index contributed by atoms with van der Waals surface area (Å²) >= 11 is 3.58. The number of pyridine rings is 1. The molecule has 0 aliphatic heterocycles. The van der Waals surface area contributed by atoms with Crippen LogP contribution in [0, 0.1) is 0 Å². The van der Waals surface area contributed by atoms with Gasteiger partial charge in [0.15, 0.2) is 0 Å². The first-order chi connectivity index (χ1) is 9.34. The summed E-state index contributed by atoms with van der Waals surface area (Å²) in [6.45, 7) is 0. The van der Waals surface area contributed by atoms with Crippen molar-refractivity contribution in [3.05, 3.63) is 77.4 Å². The van der Waals surface area contributed by atoms with E-state index >= 15 is 0 Å². The first kappa shape index (κ1) is 12.1. The fourth-order valence-corrected chi connectivity index (χ4v) is 2.56. The van der Waals surface area contributed by atoms with E-state index in [1.54, 1.807) is 0 Å². The molecule has 0 unspecified atom stereocenters. The molecular weight excluding hydrogens is 298 g/mol. The van der Waals surface area contributed by atoms with Crippen molar-refractivity contribution in [1.82, 2.24) is 4.98 Å². The van der Waals surface area contributed by atoms with Crippen molar-refractivity contribution in [2.24, 2.45) is 0 Å². The Balaban J connectivity index is 1.98. The molecule has 0 spiro atoms. The molecule has 0 aliphatic rings. The summed E-state index contributed by atoms with van der Waals surface area (Å²) in [5, 5.41) is 0. The highest BCUT2D eigenvalue weighted by Crippen LogP contribution is 2.29. The highest BCUT2D eigenvalue weighted by molar-refractivity contribution is 9.10. The molecule has 2 heteroatoms. The van der Waals surface area contributed by atoms with Gasteiger partial charge in [0, 0.05) is 16.2 Å². The molecule has 0 fully saturated rings. The Kier molecular flexibility index (Phi) is 3.43. The van der Waals surface area contributed by atoms with Crippen molar-refractivity contribution >= 4 is 15.9 Å². The topological polar surface area (TPSA) is 12.9 Å². The molecule has 0 N–H and O–H groups in total. The fraction of sp³-hybridized carbons (Fsp3) is 0. The van der Waals surface area contributed by atoms with Crippen LogP contribution in [0.3, 0.4) is 0 Å². The maximum atomic E-state index is 4.36. The van der Waals surface area contributed by atoms with Crippen molar-refractivity contribution < 1.29 is 0 Å². The van der Waals surface area contributed by atoms with Crippen LogP contribution in [0.15, 0.2) is 77.4 Å². The lowest BCUT2D eigenvalue weighted by molar-refractivity contribution is 1.33. The molecule has 0 radical (unpaired) electrons. The summed E-state index contributed by atoms with van der Waals surface area (Å²) in [7, 11) is 0. The van der Waals surface area contributed by atoms with Gasteiger partial charge in [-0.25, -0.2) is 0 Å². The zero-order chi connectivity index (χ0) is 13.1. The average molecular weight is 310 g/mol. The minimum absolute atomic E-state index is 1.00. The van der Waals surface area contributed by atoms with Gasteiger partial charge in [-0.05, 0) is 29.3 Å². The van der Waals surface area contributed by atoms with Crippen LogP contribution >= 0.6 is 15.9 Å². The highest BCUT2D eigenvalue weighted by atomic mass is 79.9. The summed E-state index contributed by atoms with van der Waals surface area (Å²) in [6.07, 6.45) is 1.82. The Morgan fingerprint density at radius 2 is 1.37 bits per heavy atom. The molecule has 0 aliphatic carbocycles. The lowest BCUT2D eigenvalue weighted by Gasteiger charge is -2.06. The number of hydrogen-bond donors (Lipinski definition) is 0. The average Bonchev–Trinajstić information content (AvgIpc) is 2.49. The number of aromatic nitrogens is 1. The van der Waals surface area contributed by atoms with Gasteiger partial charge < -0.3 is 0 Å². The van der Waals surface area contributed by atoms with E-state index in [-0.39, 0.29) is 0 Å². The van der Waals surface area contributed by atoms with Gasteiger partial charge in [-0.2, -0.15) is 0 Å². The van der Waals surface area contributed by atoms with E-state index < -0.39 is 0 Å². The molecule has 1 aromatic heterocycles. The number of rotatable bonds is 2. The van der Waals surface area contributed by atoms with E-state index in [1.165, 1.54) is 11.1 Å². The Labute approximate surface area is 121 Å². The molecule has 3 rings (SSSR count). The standard InChI is InChI=1S/C17H12BrN/c18-16-6-2-1-5-15(16)13-8-10-14(11-9-13)17-7-3-4-12-19-17/h1-12H. The SMILES string of the molecule is Brc1ccccc1-c1ccc(-c2ccccn2)cc1. The summed E-state index contributed by atoms with van der Waals surface area (Å²) in [5.74, 6) is 0. The highest BCUT2D eigenvalue weighted by Gasteiger charge is 2.03. The Morgan fingerprint density at radius 1 is 0.684 bits per heavy atom. The Hall–Kier alpha value is -1.93. The lowest BCUT2D eigenvalue weighted by Crippen LogP contribution is -1.83. The lowest BCUT2D eigenvalue weighted by atomic mass is 10.0. The third kappa shape index (κ3) is 2.59. The second kappa shape index (κ2) is 5.37. The van der Waals surface area contributed by atoms with Gasteiger partial charge in [0.25, 0.3) is 0 Å². The van der Waals surface area contributed by atoms with E-state index in [0.717, 1.165) is 15.7 Å². The van der Waals surface area contributed by atoms with Crippen LogP contribution in [-0.4, -0.2) is 4.98 Å². The smallest absolute Gasteiger partial charge is 0.0701 e.